The van der Waals surface area contributed by atoms with Crippen LogP contribution in [0.5, 0.6) is 0 Å². The van der Waals surface area contributed by atoms with E-state index < -0.39 is 0 Å². The monoisotopic (exact) mass is 262 g/mol. The molecule has 0 bridgehead atoms. The van der Waals surface area contributed by atoms with E-state index in [1.165, 1.54) is 22.1 Å². The van der Waals surface area contributed by atoms with Crippen molar-refractivity contribution in [2.75, 3.05) is 0 Å². The van der Waals surface area contributed by atoms with Crippen LogP contribution in [0.3, 0.4) is 0 Å². The lowest BCUT2D eigenvalue weighted by Crippen LogP contribution is -2.36. The van der Waals surface area contributed by atoms with Gasteiger partial charge in [0.05, 0.1) is 0 Å². The van der Waals surface area contributed by atoms with Crippen molar-refractivity contribution in [2.45, 2.75) is 39.2 Å². The molecular formula is C15H22N2S. The van der Waals surface area contributed by atoms with E-state index in [-0.39, 0.29) is 0 Å². The topological polar surface area (TPSA) is 38.0 Å². The Morgan fingerprint density at radius 3 is 2.72 bits per heavy atom. The van der Waals surface area contributed by atoms with E-state index in [0.29, 0.717) is 6.04 Å². The highest BCUT2D eigenvalue weighted by Gasteiger charge is 2.11. The van der Waals surface area contributed by atoms with Gasteiger partial charge in [-0.25, -0.2) is 0 Å². The van der Waals surface area contributed by atoms with Gasteiger partial charge in [-0.15, -0.1) is 11.3 Å². The molecule has 1 aromatic heterocycles. The summed E-state index contributed by atoms with van der Waals surface area (Å²) in [5, 5.41) is 3.65. The lowest BCUT2D eigenvalue weighted by molar-refractivity contribution is 0.435. The number of nitrogens with two attached hydrogens (primary N) is 1. The van der Waals surface area contributed by atoms with E-state index in [9.17, 15) is 0 Å². The van der Waals surface area contributed by atoms with E-state index in [2.05, 4.69) is 48.9 Å². The maximum absolute atomic E-state index is 5.67. The molecule has 3 heteroatoms. The number of thiophene rings is 1. The Kier molecular flexibility index (Phi) is 4.75. The smallest absolute Gasteiger partial charge is 0.0345 e. The average molecular weight is 262 g/mol. The number of nitrogens with one attached hydrogen (secondary N) is 1. The predicted octanol–water partition coefficient (Wildman–Crippen LogP) is 3.71. The van der Waals surface area contributed by atoms with Crippen LogP contribution < -0.4 is 11.3 Å². The molecule has 0 amide bonds. The second-order valence-corrected chi connectivity index (χ2v) is 6.21. The molecule has 0 saturated carbocycles. The number of fused-ring (bicyclic) bond motifs is 1. The van der Waals surface area contributed by atoms with Crippen LogP contribution in [0.25, 0.3) is 10.1 Å². The molecule has 0 aliphatic heterocycles. The SMILES string of the molecule is CC(C)CCC(Cc1csc2ccccc12)NN. The van der Waals surface area contributed by atoms with E-state index in [4.69, 9.17) is 5.84 Å². The first-order chi connectivity index (χ1) is 8.70. The minimum absolute atomic E-state index is 0.380. The highest BCUT2D eigenvalue weighted by molar-refractivity contribution is 7.17. The molecule has 2 aromatic rings. The fraction of sp³-hybridized carbons (Fsp3) is 0.467. The van der Waals surface area contributed by atoms with E-state index in [1.54, 1.807) is 0 Å². The summed E-state index contributed by atoms with van der Waals surface area (Å²) in [6, 6.07) is 8.97. The first kappa shape index (κ1) is 13.5. The molecule has 1 unspecified atom stereocenters. The molecule has 1 heterocycles. The van der Waals surface area contributed by atoms with Gasteiger partial charge in [-0.05, 0) is 47.6 Å². The lowest BCUT2D eigenvalue weighted by Gasteiger charge is -2.16. The third kappa shape index (κ3) is 3.31. The molecule has 98 valence electrons. The van der Waals surface area contributed by atoms with Gasteiger partial charge in [-0.1, -0.05) is 32.0 Å². The molecule has 0 radical (unpaired) electrons. The minimum Gasteiger partial charge on any atom is -0.271 e. The molecule has 1 aromatic carbocycles. The highest BCUT2D eigenvalue weighted by Crippen LogP contribution is 2.27. The van der Waals surface area contributed by atoms with E-state index in [1.807, 2.05) is 11.3 Å². The van der Waals surface area contributed by atoms with Crippen LogP contribution in [0.15, 0.2) is 29.6 Å². The second-order valence-electron chi connectivity index (χ2n) is 5.30. The third-order valence-corrected chi connectivity index (χ3v) is 4.37. The van der Waals surface area contributed by atoms with Crippen molar-refractivity contribution in [1.29, 1.82) is 0 Å². The quantitative estimate of drug-likeness (QED) is 0.615. The summed E-state index contributed by atoms with van der Waals surface area (Å²) < 4.78 is 1.37. The molecule has 1 atom stereocenters. The van der Waals surface area contributed by atoms with Crippen LogP contribution in [-0.2, 0) is 6.42 Å². The first-order valence-electron chi connectivity index (χ1n) is 6.62. The fourth-order valence-electron chi connectivity index (χ4n) is 2.24. The zero-order chi connectivity index (χ0) is 13.0. The highest BCUT2D eigenvalue weighted by atomic mass is 32.1. The van der Waals surface area contributed by atoms with Gasteiger partial charge >= 0.3 is 0 Å². The van der Waals surface area contributed by atoms with Gasteiger partial charge in [0, 0.05) is 10.7 Å². The van der Waals surface area contributed by atoms with Gasteiger partial charge in [-0.3, -0.25) is 11.3 Å². The summed E-state index contributed by atoms with van der Waals surface area (Å²) in [5.74, 6) is 6.41. The van der Waals surface area contributed by atoms with Gasteiger partial charge in [0.1, 0.15) is 0 Å². The van der Waals surface area contributed by atoms with Gasteiger partial charge in [0.2, 0.25) is 0 Å². The Bertz CT molecular complexity index is 490. The van der Waals surface area contributed by atoms with Gasteiger partial charge < -0.3 is 0 Å². The number of hydrazine groups is 1. The molecule has 0 aliphatic carbocycles. The number of hydrogen-bond donors (Lipinski definition) is 2. The van der Waals surface area contributed by atoms with Crippen molar-refractivity contribution in [3.8, 4) is 0 Å². The van der Waals surface area contributed by atoms with Crippen molar-refractivity contribution >= 4 is 21.4 Å². The number of benzene rings is 1. The number of hydrogen-bond acceptors (Lipinski definition) is 3. The molecule has 0 saturated heterocycles. The van der Waals surface area contributed by atoms with Crippen molar-refractivity contribution in [2.24, 2.45) is 11.8 Å². The summed E-state index contributed by atoms with van der Waals surface area (Å²) in [6.45, 7) is 4.52. The van der Waals surface area contributed by atoms with Gasteiger partial charge in [0.25, 0.3) is 0 Å². The summed E-state index contributed by atoms with van der Waals surface area (Å²) in [5.41, 5.74) is 4.38. The predicted molar refractivity (Wildman–Crippen MR) is 80.7 cm³/mol. The Balaban J connectivity index is 2.07. The second kappa shape index (κ2) is 6.32. The Labute approximate surface area is 113 Å². The standard InChI is InChI=1S/C15H22N2S/c1-11(2)7-8-13(17-16)9-12-10-18-15-6-4-3-5-14(12)15/h3-6,10-11,13,17H,7-9,16H2,1-2H3. The Hall–Kier alpha value is -0.900. The Morgan fingerprint density at radius 1 is 1.22 bits per heavy atom. The van der Waals surface area contributed by atoms with E-state index >= 15 is 0 Å². The number of rotatable bonds is 6. The van der Waals surface area contributed by atoms with Crippen LogP contribution in [0.2, 0.25) is 0 Å². The van der Waals surface area contributed by atoms with Gasteiger partial charge in [-0.2, -0.15) is 0 Å². The van der Waals surface area contributed by atoms with Crippen molar-refractivity contribution in [3.63, 3.8) is 0 Å². The lowest BCUT2D eigenvalue weighted by atomic mass is 9.98. The molecule has 18 heavy (non-hydrogen) atoms. The zero-order valence-electron chi connectivity index (χ0n) is 11.1. The normalized spacial score (nSPS) is 13.3. The van der Waals surface area contributed by atoms with Crippen molar-refractivity contribution in [3.05, 3.63) is 35.2 Å². The molecular weight excluding hydrogens is 240 g/mol. The molecule has 0 aliphatic rings. The Morgan fingerprint density at radius 2 is 2.00 bits per heavy atom. The summed E-state index contributed by atoms with van der Waals surface area (Å²) in [4.78, 5) is 0. The fourth-order valence-corrected chi connectivity index (χ4v) is 3.21. The summed E-state index contributed by atoms with van der Waals surface area (Å²) >= 11 is 1.82. The molecule has 2 nitrogen and oxygen atoms in total. The van der Waals surface area contributed by atoms with Gasteiger partial charge in [0.15, 0.2) is 0 Å². The minimum atomic E-state index is 0.380. The summed E-state index contributed by atoms with van der Waals surface area (Å²) in [7, 11) is 0. The zero-order valence-corrected chi connectivity index (χ0v) is 12.0. The third-order valence-electron chi connectivity index (χ3n) is 3.36. The average Bonchev–Trinajstić information content (AvgIpc) is 2.77. The van der Waals surface area contributed by atoms with Crippen LogP contribution in [0.4, 0.5) is 0 Å². The molecule has 0 spiro atoms. The van der Waals surface area contributed by atoms with Crippen LogP contribution in [0.1, 0.15) is 32.3 Å². The van der Waals surface area contributed by atoms with Crippen LogP contribution in [-0.4, -0.2) is 6.04 Å². The molecule has 2 rings (SSSR count). The van der Waals surface area contributed by atoms with Crippen LogP contribution >= 0.6 is 11.3 Å². The van der Waals surface area contributed by atoms with Crippen molar-refractivity contribution < 1.29 is 0 Å². The molecule has 3 N–H and O–H groups in total. The molecule has 0 fully saturated rings. The van der Waals surface area contributed by atoms with E-state index in [0.717, 1.165) is 18.8 Å². The maximum Gasteiger partial charge on any atom is 0.0345 e. The summed E-state index contributed by atoms with van der Waals surface area (Å²) in [6.07, 6.45) is 3.38. The van der Waals surface area contributed by atoms with Crippen LogP contribution in [0, 0.1) is 5.92 Å². The van der Waals surface area contributed by atoms with Crippen molar-refractivity contribution in [1.82, 2.24) is 5.43 Å². The maximum atomic E-state index is 5.67. The largest absolute Gasteiger partial charge is 0.271 e. The first-order valence-corrected chi connectivity index (χ1v) is 7.50.